The Bertz CT molecular complexity index is 474. The largest absolute Gasteiger partial charge is 0.380 e. The van der Waals surface area contributed by atoms with E-state index in [9.17, 15) is 4.79 Å². The molecular weight excluding hydrogens is 384 g/mol. The van der Waals surface area contributed by atoms with Crippen LogP contribution in [0, 0.1) is 27.1 Å². The molecule has 0 aliphatic heterocycles. The Kier molecular flexibility index (Phi) is 16.0. The van der Waals surface area contributed by atoms with Crippen molar-refractivity contribution < 1.29 is 9.53 Å². The van der Waals surface area contributed by atoms with E-state index < -0.39 is 0 Å². The minimum Gasteiger partial charge on any atom is -0.380 e. The number of carbonyl (C=O) groups excluding carboxylic acids is 1. The smallest absolute Gasteiger partial charge is 0.243 e. The molecule has 0 unspecified atom stereocenters. The molecule has 0 rings (SSSR count). The molecule has 0 aromatic carbocycles. The molecule has 0 heterocycles. The maximum Gasteiger partial charge on any atom is 0.243 e. The van der Waals surface area contributed by atoms with Crippen LogP contribution in [0.4, 0.5) is 0 Å². The number of nitrogens with one attached hydrogen (secondary N) is 1. The number of ether oxygens (including phenoxy) is 1. The quantitative estimate of drug-likeness (QED) is 0.468. The van der Waals surface area contributed by atoms with E-state index in [1.165, 1.54) is 0 Å². The highest BCUT2D eigenvalue weighted by Gasteiger charge is 2.14. The van der Waals surface area contributed by atoms with Gasteiger partial charge in [0.05, 0.1) is 13.2 Å². The molecule has 0 atom stereocenters. The summed E-state index contributed by atoms with van der Waals surface area (Å²) in [5.41, 5.74) is 6.43. The van der Waals surface area contributed by atoms with Crippen molar-refractivity contribution in [2.45, 2.75) is 104 Å². The van der Waals surface area contributed by atoms with E-state index in [-0.39, 0.29) is 16.7 Å². The zero-order valence-corrected chi connectivity index (χ0v) is 23.9. The van der Waals surface area contributed by atoms with E-state index in [4.69, 9.17) is 10.5 Å². The molecule has 0 fully saturated rings. The molecule has 0 aliphatic rings. The molecular formula is C27H58N2O2. The van der Waals surface area contributed by atoms with Crippen molar-refractivity contribution in [2.75, 3.05) is 26.3 Å². The molecule has 0 aliphatic carbocycles. The first-order valence-electron chi connectivity index (χ1n) is 11.6. The van der Waals surface area contributed by atoms with Gasteiger partial charge in [0.1, 0.15) is 0 Å². The summed E-state index contributed by atoms with van der Waals surface area (Å²) in [6.07, 6.45) is 3.54. The zero-order valence-electron chi connectivity index (χ0n) is 23.9. The molecule has 188 valence electrons. The fourth-order valence-corrected chi connectivity index (χ4v) is 1.40. The fourth-order valence-electron chi connectivity index (χ4n) is 1.40. The van der Waals surface area contributed by atoms with Crippen molar-refractivity contribution in [3.63, 3.8) is 0 Å². The van der Waals surface area contributed by atoms with Gasteiger partial charge in [-0.25, -0.2) is 0 Å². The van der Waals surface area contributed by atoms with Crippen LogP contribution in [0.1, 0.15) is 104 Å². The minimum absolute atomic E-state index is 0.00477. The van der Waals surface area contributed by atoms with Crippen molar-refractivity contribution in [1.29, 1.82) is 0 Å². The second-order valence-corrected chi connectivity index (χ2v) is 14.4. The average Bonchev–Trinajstić information content (AvgIpc) is 2.47. The Morgan fingerprint density at radius 3 is 1.29 bits per heavy atom. The van der Waals surface area contributed by atoms with Gasteiger partial charge in [0, 0.05) is 6.54 Å². The van der Waals surface area contributed by atoms with Gasteiger partial charge < -0.3 is 15.8 Å². The molecule has 0 saturated heterocycles. The number of rotatable bonds is 4. The van der Waals surface area contributed by atoms with Crippen molar-refractivity contribution in [1.82, 2.24) is 5.32 Å². The maximum atomic E-state index is 11.3. The van der Waals surface area contributed by atoms with Crippen LogP contribution in [0.25, 0.3) is 0 Å². The summed E-state index contributed by atoms with van der Waals surface area (Å²) in [4.78, 5) is 11.3. The van der Waals surface area contributed by atoms with E-state index in [1.54, 1.807) is 6.08 Å². The third kappa shape index (κ3) is 43.8. The highest BCUT2D eigenvalue weighted by atomic mass is 16.5. The Morgan fingerprint density at radius 2 is 1.06 bits per heavy atom. The van der Waals surface area contributed by atoms with Gasteiger partial charge in [0.25, 0.3) is 0 Å². The average molecular weight is 443 g/mol. The Morgan fingerprint density at radius 1 is 0.710 bits per heavy atom. The van der Waals surface area contributed by atoms with Crippen LogP contribution >= 0.6 is 0 Å². The molecule has 3 N–H and O–H groups in total. The number of carbonyl (C=O) groups is 1. The van der Waals surface area contributed by atoms with Gasteiger partial charge in [-0.3, -0.25) is 4.79 Å². The van der Waals surface area contributed by atoms with Crippen LogP contribution in [-0.2, 0) is 9.53 Å². The van der Waals surface area contributed by atoms with Crippen LogP contribution < -0.4 is 11.1 Å². The number of amides is 1. The van der Waals surface area contributed by atoms with Gasteiger partial charge in [0.2, 0.25) is 5.91 Å². The van der Waals surface area contributed by atoms with Crippen molar-refractivity contribution in [3.05, 3.63) is 12.2 Å². The second-order valence-electron chi connectivity index (χ2n) is 14.4. The van der Waals surface area contributed by atoms with Crippen LogP contribution in [0.15, 0.2) is 12.2 Å². The summed E-state index contributed by atoms with van der Waals surface area (Å²) in [6, 6.07) is 0. The molecule has 1 amide bonds. The molecule has 0 aromatic heterocycles. The number of hydrogen-bond donors (Lipinski definition) is 2. The first-order chi connectivity index (χ1) is 13.4. The van der Waals surface area contributed by atoms with Crippen molar-refractivity contribution in [3.8, 4) is 0 Å². The first kappa shape index (κ1) is 34.7. The second kappa shape index (κ2) is 14.3. The highest BCUT2D eigenvalue weighted by Crippen LogP contribution is 2.18. The Balaban J connectivity index is -0.000000410. The van der Waals surface area contributed by atoms with E-state index >= 15 is 0 Å². The standard InChI is InChI=1S/C12H23NO.C10H22O.C5H13N/c1-11(2,3)8-7-10(14)13-9-12(4,5)6;1-9(2,3)7-11-8-10(4,5)6;1-5(2,3)4-6/h7-8H,9H2,1-6H3,(H,13,14);7-8H2,1-6H3;4,6H2,1-3H3/b8-7+;;. The zero-order chi connectivity index (χ0) is 25.7. The summed E-state index contributed by atoms with van der Waals surface area (Å²) in [5.74, 6) is -0.00477. The normalized spacial score (nSPS) is 13.2. The maximum absolute atomic E-state index is 11.3. The first-order valence-corrected chi connectivity index (χ1v) is 11.6. The van der Waals surface area contributed by atoms with E-state index in [1.807, 2.05) is 6.08 Å². The lowest BCUT2D eigenvalue weighted by Crippen LogP contribution is -2.31. The Labute approximate surface area is 196 Å². The SMILES string of the molecule is CC(C)(C)/C=C/C(=O)NCC(C)(C)C.CC(C)(C)CN.CC(C)(C)COCC(C)(C)C. The number of hydrogen-bond acceptors (Lipinski definition) is 3. The van der Waals surface area contributed by atoms with Gasteiger partial charge in [-0.1, -0.05) is 110 Å². The lowest BCUT2D eigenvalue weighted by atomic mass is 9.96. The van der Waals surface area contributed by atoms with Crippen LogP contribution in [0.3, 0.4) is 0 Å². The molecule has 0 saturated carbocycles. The minimum atomic E-state index is -0.00477. The summed E-state index contributed by atoms with van der Waals surface area (Å²) in [6.45, 7) is 35.2. The molecule has 4 heteroatoms. The highest BCUT2D eigenvalue weighted by molar-refractivity contribution is 5.87. The Hall–Kier alpha value is -0.870. The molecule has 0 bridgehead atoms. The molecule has 0 aromatic rings. The van der Waals surface area contributed by atoms with Crippen molar-refractivity contribution in [2.24, 2.45) is 32.8 Å². The van der Waals surface area contributed by atoms with E-state index in [0.29, 0.717) is 22.8 Å². The fraction of sp³-hybridized carbons (Fsp3) is 0.889. The number of nitrogens with two attached hydrogens (primary N) is 1. The van der Waals surface area contributed by atoms with Crippen LogP contribution in [-0.4, -0.2) is 32.2 Å². The van der Waals surface area contributed by atoms with E-state index in [0.717, 1.165) is 19.8 Å². The third-order valence-corrected chi connectivity index (χ3v) is 3.21. The molecule has 0 spiro atoms. The van der Waals surface area contributed by atoms with Gasteiger partial charge in [-0.15, -0.1) is 0 Å². The monoisotopic (exact) mass is 442 g/mol. The van der Waals surface area contributed by atoms with Crippen LogP contribution in [0.5, 0.6) is 0 Å². The summed E-state index contributed by atoms with van der Waals surface area (Å²) < 4.78 is 5.56. The van der Waals surface area contributed by atoms with Gasteiger partial charge in [-0.05, 0) is 39.7 Å². The summed E-state index contributed by atoms with van der Waals surface area (Å²) >= 11 is 0. The molecule has 31 heavy (non-hydrogen) atoms. The van der Waals surface area contributed by atoms with Gasteiger partial charge >= 0.3 is 0 Å². The predicted octanol–water partition coefficient (Wildman–Crippen LogP) is 6.84. The van der Waals surface area contributed by atoms with Crippen molar-refractivity contribution >= 4 is 5.91 Å². The molecule has 4 nitrogen and oxygen atoms in total. The van der Waals surface area contributed by atoms with E-state index in [2.05, 4.69) is 109 Å². The summed E-state index contributed by atoms with van der Waals surface area (Å²) in [7, 11) is 0. The number of allylic oxidation sites excluding steroid dienone is 1. The van der Waals surface area contributed by atoms with Gasteiger partial charge in [0.15, 0.2) is 0 Å². The topological polar surface area (TPSA) is 64.4 Å². The predicted molar refractivity (Wildman–Crippen MR) is 139 cm³/mol. The van der Waals surface area contributed by atoms with Crippen LogP contribution in [0.2, 0.25) is 0 Å². The summed E-state index contributed by atoms with van der Waals surface area (Å²) in [5, 5.41) is 2.87. The molecule has 0 radical (unpaired) electrons. The van der Waals surface area contributed by atoms with Gasteiger partial charge in [-0.2, -0.15) is 0 Å². The third-order valence-electron chi connectivity index (χ3n) is 3.21. The lowest BCUT2D eigenvalue weighted by Gasteiger charge is -2.23. The lowest BCUT2D eigenvalue weighted by molar-refractivity contribution is -0.116.